The zero-order chi connectivity index (χ0) is 25.2. The third-order valence-corrected chi connectivity index (χ3v) is 4.85. The number of hydrogen-bond donors (Lipinski definition) is 3. The van der Waals surface area contributed by atoms with E-state index in [2.05, 4.69) is 21.2 Å². The van der Waals surface area contributed by atoms with Gasteiger partial charge in [-0.05, 0) is 54.4 Å². The standard InChI is InChI=1S/C25H23ClN4O5/c1-16-9-10-18(26)12-22(16)29-23(31)15-35-21-8-3-5-17(11-21)14-27-30-25(33)24(32)28-19-6-4-7-20(13-19)34-2/h3-14H,15H2,1-2H3,(H,28,32)(H,29,31)(H,30,33)/b27-14-. The first-order valence-corrected chi connectivity index (χ1v) is 10.8. The Morgan fingerprint density at radius 3 is 2.51 bits per heavy atom. The first kappa shape index (κ1) is 25.3. The number of nitrogens with zero attached hydrogens (tertiary/aromatic N) is 1. The van der Waals surface area contributed by atoms with Gasteiger partial charge >= 0.3 is 11.8 Å². The molecule has 0 atom stereocenters. The monoisotopic (exact) mass is 494 g/mol. The summed E-state index contributed by atoms with van der Waals surface area (Å²) in [5.41, 5.74) is 4.64. The van der Waals surface area contributed by atoms with Crippen LogP contribution in [0.4, 0.5) is 11.4 Å². The second kappa shape index (κ2) is 12.2. The van der Waals surface area contributed by atoms with Crippen molar-refractivity contribution in [2.75, 3.05) is 24.4 Å². The molecule has 3 amide bonds. The van der Waals surface area contributed by atoms with Gasteiger partial charge in [0, 0.05) is 22.5 Å². The maximum Gasteiger partial charge on any atom is 0.329 e. The normalized spacial score (nSPS) is 10.5. The maximum absolute atomic E-state index is 12.2. The van der Waals surface area contributed by atoms with Gasteiger partial charge in [0.2, 0.25) is 0 Å². The highest BCUT2D eigenvalue weighted by Gasteiger charge is 2.13. The van der Waals surface area contributed by atoms with Gasteiger partial charge in [0.25, 0.3) is 5.91 Å². The van der Waals surface area contributed by atoms with Crippen molar-refractivity contribution in [1.82, 2.24) is 5.43 Å². The molecular formula is C25H23ClN4O5. The topological polar surface area (TPSA) is 118 Å². The predicted molar refractivity (Wildman–Crippen MR) is 134 cm³/mol. The van der Waals surface area contributed by atoms with Crippen molar-refractivity contribution in [2.45, 2.75) is 6.92 Å². The molecule has 3 aromatic carbocycles. The molecule has 0 unspecified atom stereocenters. The van der Waals surface area contributed by atoms with Crippen LogP contribution in [0.5, 0.6) is 11.5 Å². The van der Waals surface area contributed by atoms with E-state index >= 15 is 0 Å². The van der Waals surface area contributed by atoms with Crippen LogP contribution in [-0.4, -0.2) is 37.7 Å². The van der Waals surface area contributed by atoms with Crippen LogP contribution in [0, 0.1) is 6.92 Å². The van der Waals surface area contributed by atoms with Gasteiger partial charge < -0.3 is 20.1 Å². The van der Waals surface area contributed by atoms with E-state index in [1.54, 1.807) is 60.7 Å². The highest BCUT2D eigenvalue weighted by molar-refractivity contribution is 6.39. The Morgan fingerprint density at radius 1 is 0.943 bits per heavy atom. The summed E-state index contributed by atoms with van der Waals surface area (Å²) in [6.07, 6.45) is 1.35. The number of carbonyl (C=O) groups is 3. The zero-order valence-corrected chi connectivity index (χ0v) is 19.8. The Balaban J connectivity index is 1.49. The van der Waals surface area contributed by atoms with Crippen molar-refractivity contribution in [3.8, 4) is 11.5 Å². The molecule has 0 saturated carbocycles. The number of halogens is 1. The smallest absolute Gasteiger partial charge is 0.329 e. The molecule has 3 N–H and O–H groups in total. The number of ether oxygens (including phenoxy) is 2. The average molecular weight is 495 g/mol. The summed E-state index contributed by atoms with van der Waals surface area (Å²) in [7, 11) is 1.50. The first-order chi connectivity index (χ1) is 16.8. The Kier molecular flexibility index (Phi) is 8.80. The van der Waals surface area contributed by atoms with E-state index in [-0.39, 0.29) is 12.5 Å². The summed E-state index contributed by atoms with van der Waals surface area (Å²) >= 11 is 5.97. The van der Waals surface area contributed by atoms with E-state index in [0.29, 0.717) is 33.5 Å². The summed E-state index contributed by atoms with van der Waals surface area (Å²) in [4.78, 5) is 36.2. The molecule has 3 rings (SSSR count). The van der Waals surface area contributed by atoms with Gasteiger partial charge in [0.15, 0.2) is 6.61 Å². The predicted octanol–water partition coefficient (Wildman–Crippen LogP) is 3.76. The van der Waals surface area contributed by atoms with Gasteiger partial charge in [-0.1, -0.05) is 35.9 Å². The molecule has 3 aromatic rings. The molecule has 35 heavy (non-hydrogen) atoms. The van der Waals surface area contributed by atoms with Crippen LogP contribution in [0.1, 0.15) is 11.1 Å². The van der Waals surface area contributed by atoms with Gasteiger partial charge in [-0.25, -0.2) is 5.43 Å². The minimum absolute atomic E-state index is 0.215. The highest BCUT2D eigenvalue weighted by atomic mass is 35.5. The quantitative estimate of drug-likeness (QED) is 0.250. The third-order valence-electron chi connectivity index (χ3n) is 4.62. The highest BCUT2D eigenvalue weighted by Crippen LogP contribution is 2.20. The number of nitrogens with one attached hydrogen (secondary N) is 3. The molecule has 0 aromatic heterocycles. The van der Waals surface area contributed by atoms with Crippen molar-refractivity contribution in [3.05, 3.63) is 82.9 Å². The van der Waals surface area contributed by atoms with Crippen molar-refractivity contribution < 1.29 is 23.9 Å². The molecule has 0 aliphatic rings. The number of hydrogen-bond acceptors (Lipinski definition) is 6. The summed E-state index contributed by atoms with van der Waals surface area (Å²) in [6.45, 7) is 1.64. The van der Waals surface area contributed by atoms with Crippen molar-refractivity contribution in [1.29, 1.82) is 0 Å². The largest absolute Gasteiger partial charge is 0.497 e. The lowest BCUT2D eigenvalue weighted by atomic mass is 10.2. The van der Waals surface area contributed by atoms with E-state index in [9.17, 15) is 14.4 Å². The number of aryl methyl sites for hydroxylation is 1. The fourth-order valence-electron chi connectivity index (χ4n) is 2.85. The molecular weight excluding hydrogens is 472 g/mol. The van der Waals surface area contributed by atoms with Gasteiger partial charge in [0.1, 0.15) is 11.5 Å². The summed E-state index contributed by atoms with van der Waals surface area (Å²) in [6, 6.07) is 18.5. The van der Waals surface area contributed by atoms with E-state index in [1.165, 1.54) is 13.3 Å². The number of hydrazone groups is 1. The molecule has 0 fully saturated rings. The number of benzene rings is 3. The van der Waals surface area contributed by atoms with Crippen LogP contribution in [-0.2, 0) is 14.4 Å². The Bertz CT molecular complexity index is 1260. The molecule has 10 heteroatoms. The van der Waals surface area contributed by atoms with Crippen molar-refractivity contribution in [3.63, 3.8) is 0 Å². The molecule has 0 aliphatic heterocycles. The lowest BCUT2D eigenvalue weighted by Crippen LogP contribution is -2.32. The number of anilines is 2. The molecule has 0 heterocycles. The number of amides is 3. The fraction of sp³-hybridized carbons (Fsp3) is 0.120. The van der Waals surface area contributed by atoms with Crippen LogP contribution in [0.25, 0.3) is 0 Å². The summed E-state index contributed by atoms with van der Waals surface area (Å²) in [5, 5.41) is 9.51. The molecule has 0 saturated heterocycles. The Labute approximate surface area is 207 Å². The van der Waals surface area contributed by atoms with Crippen LogP contribution < -0.4 is 25.5 Å². The van der Waals surface area contributed by atoms with E-state index in [0.717, 1.165) is 5.56 Å². The lowest BCUT2D eigenvalue weighted by molar-refractivity contribution is -0.136. The molecule has 0 aliphatic carbocycles. The van der Waals surface area contributed by atoms with Gasteiger partial charge in [-0.3, -0.25) is 14.4 Å². The zero-order valence-electron chi connectivity index (χ0n) is 19.0. The number of rotatable bonds is 8. The van der Waals surface area contributed by atoms with E-state index < -0.39 is 11.8 Å². The molecule has 9 nitrogen and oxygen atoms in total. The van der Waals surface area contributed by atoms with Crippen molar-refractivity contribution >= 4 is 46.9 Å². The summed E-state index contributed by atoms with van der Waals surface area (Å²) < 4.78 is 10.6. The lowest BCUT2D eigenvalue weighted by Gasteiger charge is -2.10. The van der Waals surface area contributed by atoms with Crippen LogP contribution in [0.2, 0.25) is 5.02 Å². The minimum atomic E-state index is -0.940. The molecule has 180 valence electrons. The second-order valence-electron chi connectivity index (χ2n) is 7.25. The van der Waals surface area contributed by atoms with E-state index in [4.69, 9.17) is 21.1 Å². The fourth-order valence-corrected chi connectivity index (χ4v) is 3.03. The van der Waals surface area contributed by atoms with Gasteiger partial charge in [-0.2, -0.15) is 5.10 Å². The summed E-state index contributed by atoms with van der Waals surface area (Å²) in [5.74, 6) is -1.20. The van der Waals surface area contributed by atoms with Crippen molar-refractivity contribution in [2.24, 2.45) is 5.10 Å². The number of carbonyl (C=O) groups excluding carboxylic acids is 3. The minimum Gasteiger partial charge on any atom is -0.497 e. The molecule has 0 bridgehead atoms. The first-order valence-electron chi connectivity index (χ1n) is 10.4. The molecule has 0 radical (unpaired) electrons. The Hall–Kier alpha value is -4.37. The number of methoxy groups -OCH3 is 1. The van der Waals surface area contributed by atoms with Crippen LogP contribution >= 0.6 is 11.6 Å². The SMILES string of the molecule is COc1cccc(NC(=O)C(=O)N/N=C\c2cccc(OCC(=O)Nc3cc(Cl)ccc3C)c2)c1. The third kappa shape index (κ3) is 7.86. The second-order valence-corrected chi connectivity index (χ2v) is 7.69. The van der Waals surface area contributed by atoms with Gasteiger partial charge in [-0.15, -0.1) is 0 Å². The van der Waals surface area contributed by atoms with Crippen LogP contribution in [0.3, 0.4) is 0 Å². The average Bonchev–Trinajstić information content (AvgIpc) is 2.85. The van der Waals surface area contributed by atoms with Crippen LogP contribution in [0.15, 0.2) is 71.8 Å². The maximum atomic E-state index is 12.2. The molecule has 0 spiro atoms. The van der Waals surface area contributed by atoms with E-state index in [1.807, 2.05) is 13.0 Å². The Morgan fingerprint density at radius 2 is 1.71 bits per heavy atom. The van der Waals surface area contributed by atoms with Gasteiger partial charge in [0.05, 0.1) is 13.3 Å².